The van der Waals surface area contributed by atoms with Gasteiger partial charge in [-0.15, -0.1) is 11.8 Å². The molecule has 1 amide bonds. The molecular weight excluding hydrogens is 526 g/mol. The molecule has 9 heteroatoms. The van der Waals surface area contributed by atoms with Gasteiger partial charge in [0.1, 0.15) is 5.84 Å². The highest BCUT2D eigenvalue weighted by Crippen LogP contribution is 2.34. The maximum absolute atomic E-state index is 13.1. The minimum Gasteiger partial charge on any atom is -0.313 e. The first-order chi connectivity index (χ1) is 18.9. The molecule has 2 heterocycles. The molecule has 0 saturated heterocycles. The van der Waals surface area contributed by atoms with Crippen LogP contribution in [-0.2, 0) is 10.5 Å². The van der Waals surface area contributed by atoms with Gasteiger partial charge in [-0.1, -0.05) is 71.9 Å². The molecule has 1 unspecified atom stereocenters. The summed E-state index contributed by atoms with van der Waals surface area (Å²) >= 11 is 2.80. The second-order valence-corrected chi connectivity index (χ2v) is 11.1. The Morgan fingerprint density at radius 2 is 1.59 bits per heavy atom. The topological polar surface area (TPSA) is 99.6 Å². The number of benzene rings is 3. The summed E-state index contributed by atoms with van der Waals surface area (Å²) in [6.45, 7) is 4.00. The third-order valence-electron chi connectivity index (χ3n) is 6.03. The Kier molecular flexibility index (Phi) is 8.39. The SMILES string of the molecule is CC1=Nc2ccccc2N=C(NC(=O)CSc2nc(CSc3ccc(C)cc3)cc(=O)[nH]2)C1c1ccccc1. The maximum Gasteiger partial charge on any atom is 0.251 e. The molecule has 2 N–H and O–H groups in total. The molecule has 1 aromatic heterocycles. The standard InChI is InChI=1S/C30H27N5O2S2/c1-19-12-14-23(15-13-19)38-17-22-16-26(36)35-30(32-22)39-18-27(37)34-29-28(21-8-4-3-5-9-21)20(2)31-24-10-6-7-11-25(24)33-29/h3-16,28H,17-18H2,1-2H3,(H,32,35,36)(H,33,34,37). The second-order valence-electron chi connectivity index (χ2n) is 9.06. The normalized spacial score (nSPS) is 14.6. The number of hydrogen-bond acceptors (Lipinski definition) is 7. The molecule has 0 aliphatic carbocycles. The summed E-state index contributed by atoms with van der Waals surface area (Å²) in [6, 6.07) is 27.2. The van der Waals surface area contributed by atoms with E-state index in [4.69, 9.17) is 9.98 Å². The Balaban J connectivity index is 1.30. The molecule has 3 aromatic carbocycles. The van der Waals surface area contributed by atoms with Gasteiger partial charge in [-0.2, -0.15) is 0 Å². The van der Waals surface area contributed by atoms with E-state index < -0.39 is 0 Å². The number of aryl methyl sites for hydroxylation is 1. The van der Waals surface area contributed by atoms with Crippen molar-refractivity contribution in [2.75, 3.05) is 5.75 Å². The zero-order valence-corrected chi connectivity index (χ0v) is 23.2. The number of fused-ring (bicyclic) bond motifs is 1. The molecule has 0 spiro atoms. The van der Waals surface area contributed by atoms with Crippen LogP contribution in [0, 0.1) is 6.92 Å². The van der Waals surface area contributed by atoms with E-state index in [0.29, 0.717) is 28.1 Å². The Morgan fingerprint density at radius 3 is 2.33 bits per heavy atom. The van der Waals surface area contributed by atoms with Crippen molar-refractivity contribution in [1.29, 1.82) is 0 Å². The van der Waals surface area contributed by atoms with Crippen LogP contribution >= 0.6 is 23.5 Å². The lowest BCUT2D eigenvalue weighted by molar-refractivity contribution is -0.117. The summed E-state index contributed by atoms with van der Waals surface area (Å²) in [5, 5.41) is 3.42. The van der Waals surface area contributed by atoms with Crippen molar-refractivity contribution in [3.63, 3.8) is 0 Å². The molecule has 1 atom stereocenters. The third-order valence-corrected chi connectivity index (χ3v) is 7.95. The summed E-state index contributed by atoms with van der Waals surface area (Å²) in [5.41, 5.74) is 4.90. The number of para-hydroxylation sites is 2. The van der Waals surface area contributed by atoms with Gasteiger partial charge in [0.15, 0.2) is 5.16 Å². The van der Waals surface area contributed by atoms with Crippen molar-refractivity contribution in [2.45, 2.75) is 35.6 Å². The molecule has 7 nitrogen and oxygen atoms in total. The van der Waals surface area contributed by atoms with Crippen LogP contribution in [0.15, 0.2) is 110 Å². The number of carbonyl (C=O) groups is 1. The first kappa shape index (κ1) is 26.6. The van der Waals surface area contributed by atoms with Crippen molar-refractivity contribution in [2.24, 2.45) is 9.98 Å². The molecular formula is C30H27N5O2S2. The van der Waals surface area contributed by atoms with Crippen molar-refractivity contribution >= 4 is 52.4 Å². The quantitative estimate of drug-likeness (QED) is 0.210. The van der Waals surface area contributed by atoms with Crippen LogP contribution in [0.4, 0.5) is 11.4 Å². The van der Waals surface area contributed by atoms with E-state index >= 15 is 0 Å². The Morgan fingerprint density at radius 1 is 0.897 bits per heavy atom. The fraction of sp³-hybridized carbons (Fsp3) is 0.167. The number of nitrogens with one attached hydrogen (secondary N) is 2. The van der Waals surface area contributed by atoms with Crippen molar-refractivity contribution < 1.29 is 4.79 Å². The number of nitrogens with zero attached hydrogens (tertiary/aromatic N) is 3. The van der Waals surface area contributed by atoms with Crippen LogP contribution in [0.5, 0.6) is 0 Å². The minimum absolute atomic E-state index is 0.0653. The van der Waals surface area contributed by atoms with Gasteiger partial charge in [-0.3, -0.25) is 14.6 Å². The number of aliphatic imine (C=N–C) groups is 2. The van der Waals surface area contributed by atoms with Crippen LogP contribution in [0.25, 0.3) is 0 Å². The lowest BCUT2D eigenvalue weighted by Gasteiger charge is -2.19. The third kappa shape index (κ3) is 6.93. The number of amidine groups is 1. The number of rotatable bonds is 7. The van der Waals surface area contributed by atoms with Gasteiger partial charge in [-0.25, -0.2) is 9.98 Å². The number of hydrogen-bond donors (Lipinski definition) is 2. The average molecular weight is 554 g/mol. The molecule has 1 aliphatic heterocycles. The largest absolute Gasteiger partial charge is 0.313 e. The summed E-state index contributed by atoms with van der Waals surface area (Å²) in [5.74, 6) is 0.597. The fourth-order valence-electron chi connectivity index (χ4n) is 4.18. The van der Waals surface area contributed by atoms with Gasteiger partial charge >= 0.3 is 0 Å². The zero-order valence-electron chi connectivity index (χ0n) is 21.5. The van der Waals surface area contributed by atoms with Crippen LogP contribution in [-0.4, -0.2) is 33.2 Å². The highest BCUT2D eigenvalue weighted by Gasteiger charge is 2.26. The molecule has 0 fully saturated rings. The van der Waals surface area contributed by atoms with Crippen molar-refractivity contribution in [3.8, 4) is 0 Å². The molecule has 0 radical (unpaired) electrons. The summed E-state index contributed by atoms with van der Waals surface area (Å²) in [7, 11) is 0. The van der Waals surface area contributed by atoms with Crippen LogP contribution < -0.4 is 10.9 Å². The number of aromatic amines is 1. The van der Waals surface area contributed by atoms with E-state index in [1.54, 1.807) is 11.8 Å². The monoisotopic (exact) mass is 553 g/mol. The predicted octanol–water partition coefficient (Wildman–Crippen LogP) is 6.20. The van der Waals surface area contributed by atoms with Gasteiger partial charge < -0.3 is 10.3 Å². The van der Waals surface area contributed by atoms with Gasteiger partial charge in [0.25, 0.3) is 5.56 Å². The lowest BCUT2D eigenvalue weighted by atomic mass is 9.93. The second kappa shape index (κ2) is 12.3. The number of thioether (sulfide) groups is 2. The molecule has 0 saturated carbocycles. The van der Waals surface area contributed by atoms with Crippen molar-refractivity contribution in [1.82, 2.24) is 15.3 Å². The smallest absolute Gasteiger partial charge is 0.251 e. The predicted molar refractivity (Wildman–Crippen MR) is 160 cm³/mol. The van der Waals surface area contributed by atoms with E-state index in [9.17, 15) is 9.59 Å². The number of amides is 1. The Hall–Kier alpha value is -3.95. The highest BCUT2D eigenvalue weighted by molar-refractivity contribution is 7.99. The molecule has 39 heavy (non-hydrogen) atoms. The molecule has 0 bridgehead atoms. The Labute approximate surface area is 235 Å². The molecule has 4 aromatic rings. The summed E-state index contributed by atoms with van der Waals surface area (Å²) in [4.78, 5) is 43.4. The number of aromatic nitrogens is 2. The van der Waals surface area contributed by atoms with Gasteiger partial charge in [0, 0.05) is 22.4 Å². The number of H-pyrrole nitrogens is 1. The minimum atomic E-state index is -0.299. The van der Waals surface area contributed by atoms with E-state index in [0.717, 1.165) is 21.9 Å². The average Bonchev–Trinajstić information content (AvgIpc) is 3.07. The Bertz CT molecular complexity index is 1600. The zero-order chi connectivity index (χ0) is 27.2. The maximum atomic E-state index is 13.1. The van der Waals surface area contributed by atoms with Gasteiger partial charge in [0.2, 0.25) is 5.91 Å². The van der Waals surface area contributed by atoms with Gasteiger partial charge in [-0.05, 0) is 43.7 Å². The molecule has 5 rings (SSSR count). The molecule has 1 aliphatic rings. The number of carbonyl (C=O) groups excluding carboxylic acids is 1. The van der Waals surface area contributed by atoms with E-state index in [-0.39, 0.29) is 23.1 Å². The van der Waals surface area contributed by atoms with Crippen LogP contribution in [0.1, 0.15) is 29.7 Å². The van der Waals surface area contributed by atoms with E-state index in [2.05, 4.69) is 39.6 Å². The van der Waals surface area contributed by atoms with Crippen LogP contribution in [0.2, 0.25) is 0 Å². The first-order valence-corrected chi connectivity index (χ1v) is 14.4. The van der Waals surface area contributed by atoms with Gasteiger partial charge in [0.05, 0.1) is 28.7 Å². The summed E-state index contributed by atoms with van der Waals surface area (Å²) in [6.07, 6.45) is 0. The van der Waals surface area contributed by atoms with E-state index in [1.807, 2.05) is 68.4 Å². The molecule has 196 valence electrons. The lowest BCUT2D eigenvalue weighted by Crippen LogP contribution is -2.38. The first-order valence-electron chi connectivity index (χ1n) is 12.4. The fourth-order valence-corrected chi connectivity index (χ4v) is 5.66. The highest BCUT2D eigenvalue weighted by atomic mass is 32.2. The summed E-state index contributed by atoms with van der Waals surface area (Å²) < 4.78 is 0. The van der Waals surface area contributed by atoms with Crippen molar-refractivity contribution in [3.05, 3.63) is 112 Å². The van der Waals surface area contributed by atoms with Crippen LogP contribution in [0.3, 0.4) is 0 Å². The van der Waals surface area contributed by atoms with E-state index in [1.165, 1.54) is 23.4 Å².